The number of halogens is 1. The number of hydrogen-bond donors (Lipinski definition) is 1. The van der Waals surface area contributed by atoms with Crippen LogP contribution in [-0.2, 0) is 11.2 Å². The van der Waals surface area contributed by atoms with Gasteiger partial charge in [-0.1, -0.05) is 18.3 Å². The van der Waals surface area contributed by atoms with Gasteiger partial charge in [0.05, 0.1) is 9.48 Å². The van der Waals surface area contributed by atoms with E-state index in [1.54, 1.807) is 0 Å². The Morgan fingerprint density at radius 1 is 1.75 bits per heavy atom. The van der Waals surface area contributed by atoms with Gasteiger partial charge in [-0.05, 0) is 22.4 Å². The highest BCUT2D eigenvalue weighted by Gasteiger charge is 2.07. The third-order valence-corrected chi connectivity index (χ3v) is 3.01. The Morgan fingerprint density at radius 2 is 2.42 bits per heavy atom. The number of thiazole rings is 1. The molecule has 1 heterocycles. The zero-order valence-corrected chi connectivity index (χ0v) is 9.25. The van der Waals surface area contributed by atoms with Crippen LogP contribution in [-0.4, -0.2) is 10.9 Å². The van der Waals surface area contributed by atoms with E-state index in [-0.39, 0.29) is 5.91 Å². The fraction of sp³-hybridized carbons (Fsp3) is 0.429. The van der Waals surface area contributed by atoms with E-state index in [1.165, 1.54) is 18.3 Å². The maximum Gasteiger partial charge on any atom is 0.223 e. The highest BCUT2D eigenvalue weighted by Crippen LogP contribution is 2.28. The highest BCUT2D eigenvalue weighted by molar-refractivity contribution is 9.11. The molecule has 0 radical (unpaired) electrons. The van der Waals surface area contributed by atoms with E-state index < -0.39 is 0 Å². The summed E-state index contributed by atoms with van der Waals surface area (Å²) in [6.45, 7) is 3.50. The molecule has 1 aromatic heterocycles. The summed E-state index contributed by atoms with van der Waals surface area (Å²) in [6, 6.07) is 0. The first-order valence-corrected chi connectivity index (χ1v) is 5.17. The predicted molar refractivity (Wildman–Crippen MR) is 53.5 cm³/mol. The normalized spacial score (nSPS) is 9.92. The molecule has 1 N–H and O–H groups in total. The van der Waals surface area contributed by atoms with Crippen molar-refractivity contribution in [1.29, 1.82) is 0 Å². The third kappa shape index (κ3) is 2.28. The first-order chi connectivity index (χ1) is 5.63. The summed E-state index contributed by atoms with van der Waals surface area (Å²) in [7, 11) is 0. The topological polar surface area (TPSA) is 42.0 Å². The maximum absolute atomic E-state index is 10.7. The molecule has 0 aliphatic carbocycles. The fourth-order valence-electron chi connectivity index (χ4n) is 0.755. The van der Waals surface area contributed by atoms with Crippen molar-refractivity contribution in [1.82, 2.24) is 4.98 Å². The first kappa shape index (κ1) is 9.67. The second-order valence-corrected chi connectivity index (χ2v) is 4.59. The molecule has 0 unspecified atom stereocenters. The zero-order chi connectivity index (χ0) is 9.14. The minimum absolute atomic E-state index is 0.0843. The van der Waals surface area contributed by atoms with Crippen molar-refractivity contribution in [3.8, 4) is 0 Å². The molecule has 0 spiro atoms. The van der Waals surface area contributed by atoms with Crippen LogP contribution < -0.4 is 5.32 Å². The molecule has 0 aliphatic rings. The lowest BCUT2D eigenvalue weighted by Crippen LogP contribution is -2.05. The second-order valence-electron chi connectivity index (χ2n) is 2.27. The molecule has 0 saturated heterocycles. The van der Waals surface area contributed by atoms with Crippen LogP contribution >= 0.6 is 27.3 Å². The molecule has 1 rings (SSSR count). The average Bonchev–Trinajstić information content (AvgIpc) is 2.29. The SMILES string of the molecule is CCc1nc(NC(C)=O)sc1Br. The molecule has 0 aliphatic heterocycles. The van der Waals surface area contributed by atoms with Gasteiger partial charge in [0, 0.05) is 6.92 Å². The van der Waals surface area contributed by atoms with Gasteiger partial charge in [0.1, 0.15) is 0 Å². The molecule has 3 nitrogen and oxygen atoms in total. The van der Waals surface area contributed by atoms with E-state index >= 15 is 0 Å². The predicted octanol–water partition coefficient (Wildman–Crippen LogP) is 2.43. The molecule has 1 aromatic rings. The van der Waals surface area contributed by atoms with Crippen LogP contribution in [0.5, 0.6) is 0 Å². The lowest BCUT2D eigenvalue weighted by Gasteiger charge is -1.92. The van der Waals surface area contributed by atoms with Gasteiger partial charge in [-0.2, -0.15) is 0 Å². The van der Waals surface area contributed by atoms with Crippen molar-refractivity contribution >= 4 is 38.3 Å². The maximum atomic E-state index is 10.7. The number of carbonyl (C=O) groups is 1. The second kappa shape index (κ2) is 4.00. The number of hydrogen-bond acceptors (Lipinski definition) is 3. The number of aromatic nitrogens is 1. The van der Waals surface area contributed by atoms with Gasteiger partial charge >= 0.3 is 0 Å². The largest absolute Gasteiger partial charge is 0.302 e. The average molecular weight is 249 g/mol. The van der Waals surface area contributed by atoms with Gasteiger partial charge in [-0.3, -0.25) is 4.79 Å². The summed E-state index contributed by atoms with van der Waals surface area (Å²) >= 11 is 4.81. The fourth-order valence-corrected chi connectivity index (χ4v) is 2.41. The Labute approximate surface area is 83.3 Å². The van der Waals surface area contributed by atoms with E-state index in [1.807, 2.05) is 6.92 Å². The van der Waals surface area contributed by atoms with Gasteiger partial charge in [0.15, 0.2) is 5.13 Å². The van der Waals surface area contributed by atoms with Crippen LogP contribution in [0.1, 0.15) is 19.5 Å². The van der Waals surface area contributed by atoms with Crippen molar-refractivity contribution in [2.24, 2.45) is 0 Å². The molecular formula is C7H9BrN2OS. The van der Waals surface area contributed by atoms with E-state index in [4.69, 9.17) is 0 Å². The minimum Gasteiger partial charge on any atom is -0.302 e. The number of amides is 1. The molecule has 1 amide bonds. The summed E-state index contributed by atoms with van der Waals surface area (Å²) in [4.78, 5) is 14.9. The first-order valence-electron chi connectivity index (χ1n) is 3.56. The number of nitrogens with one attached hydrogen (secondary N) is 1. The van der Waals surface area contributed by atoms with Crippen LogP contribution in [0.3, 0.4) is 0 Å². The van der Waals surface area contributed by atoms with Gasteiger partial charge in [0.2, 0.25) is 5.91 Å². The number of anilines is 1. The Bertz CT molecular complexity index is 298. The van der Waals surface area contributed by atoms with E-state index in [0.29, 0.717) is 5.13 Å². The number of aryl methyl sites for hydroxylation is 1. The number of nitrogens with zero attached hydrogens (tertiary/aromatic N) is 1. The van der Waals surface area contributed by atoms with Crippen molar-refractivity contribution in [3.63, 3.8) is 0 Å². The highest BCUT2D eigenvalue weighted by atomic mass is 79.9. The van der Waals surface area contributed by atoms with Crippen LogP contribution in [0.2, 0.25) is 0 Å². The smallest absolute Gasteiger partial charge is 0.223 e. The van der Waals surface area contributed by atoms with Crippen molar-refractivity contribution in [2.75, 3.05) is 5.32 Å². The lowest BCUT2D eigenvalue weighted by molar-refractivity contribution is -0.114. The Balaban J connectivity index is 2.82. The molecule has 0 bridgehead atoms. The van der Waals surface area contributed by atoms with E-state index in [0.717, 1.165) is 15.9 Å². The Morgan fingerprint density at radius 3 is 2.83 bits per heavy atom. The molecule has 66 valence electrons. The van der Waals surface area contributed by atoms with Crippen LogP contribution in [0, 0.1) is 0 Å². The van der Waals surface area contributed by atoms with Crippen molar-refractivity contribution in [2.45, 2.75) is 20.3 Å². The minimum atomic E-state index is -0.0843. The molecular weight excluding hydrogens is 240 g/mol. The monoisotopic (exact) mass is 248 g/mol. The quantitative estimate of drug-likeness (QED) is 0.874. The van der Waals surface area contributed by atoms with E-state index in [2.05, 4.69) is 26.2 Å². The van der Waals surface area contributed by atoms with E-state index in [9.17, 15) is 4.79 Å². The molecule has 0 saturated carbocycles. The molecule has 12 heavy (non-hydrogen) atoms. The van der Waals surface area contributed by atoms with Gasteiger partial charge in [-0.25, -0.2) is 4.98 Å². The summed E-state index contributed by atoms with van der Waals surface area (Å²) in [5.41, 5.74) is 0.990. The zero-order valence-electron chi connectivity index (χ0n) is 6.85. The molecule has 0 aromatic carbocycles. The van der Waals surface area contributed by atoms with Gasteiger partial charge in [0.25, 0.3) is 0 Å². The standard InChI is InChI=1S/C7H9BrN2OS/c1-3-5-6(8)12-7(10-5)9-4(2)11/h3H2,1-2H3,(H,9,10,11). The van der Waals surface area contributed by atoms with Crippen LogP contribution in [0.4, 0.5) is 5.13 Å². The van der Waals surface area contributed by atoms with Crippen LogP contribution in [0.25, 0.3) is 0 Å². The van der Waals surface area contributed by atoms with Crippen molar-refractivity contribution in [3.05, 3.63) is 9.48 Å². The van der Waals surface area contributed by atoms with Crippen LogP contribution in [0.15, 0.2) is 3.79 Å². The molecule has 0 atom stereocenters. The van der Waals surface area contributed by atoms with Gasteiger partial charge < -0.3 is 5.32 Å². The summed E-state index contributed by atoms with van der Waals surface area (Å²) in [5, 5.41) is 3.30. The number of rotatable bonds is 2. The number of carbonyl (C=O) groups excluding carboxylic acids is 1. The summed E-state index contributed by atoms with van der Waals surface area (Å²) < 4.78 is 0.994. The van der Waals surface area contributed by atoms with Crippen molar-refractivity contribution < 1.29 is 4.79 Å². The third-order valence-electron chi connectivity index (χ3n) is 1.27. The lowest BCUT2D eigenvalue weighted by atomic mass is 10.4. The van der Waals surface area contributed by atoms with Gasteiger partial charge in [-0.15, -0.1) is 0 Å². The molecule has 5 heteroatoms. The Hall–Kier alpha value is -0.420. The summed E-state index contributed by atoms with van der Waals surface area (Å²) in [5.74, 6) is -0.0843. The Kier molecular flexibility index (Phi) is 3.22. The molecule has 0 fully saturated rings. The summed E-state index contributed by atoms with van der Waals surface area (Å²) in [6.07, 6.45) is 0.872.